The van der Waals surface area contributed by atoms with Gasteiger partial charge in [0.25, 0.3) is 0 Å². The molecule has 114 valence electrons. The first-order valence-electron chi connectivity index (χ1n) is 8.33. The number of thioether (sulfide) groups is 1. The Morgan fingerprint density at radius 1 is 1.35 bits per heavy atom. The number of hydrogen-bond donors (Lipinski definition) is 1. The minimum absolute atomic E-state index is 0.183. The summed E-state index contributed by atoms with van der Waals surface area (Å²) in [6.45, 7) is 2.23. The van der Waals surface area contributed by atoms with Crippen LogP contribution in [0, 0.1) is 0 Å². The summed E-state index contributed by atoms with van der Waals surface area (Å²) in [4.78, 5) is 15.3. The molecule has 1 saturated heterocycles. The summed E-state index contributed by atoms with van der Waals surface area (Å²) in [5, 5.41) is 4.51. The fourth-order valence-corrected chi connectivity index (χ4v) is 5.25. The van der Waals surface area contributed by atoms with Crippen LogP contribution in [0.15, 0.2) is 0 Å². The minimum atomic E-state index is -0.183. The average Bonchev–Trinajstić information content (AvgIpc) is 3.13. The predicted octanol–water partition coefficient (Wildman–Crippen LogP) is 3.14. The van der Waals surface area contributed by atoms with Crippen molar-refractivity contribution in [3.8, 4) is 0 Å². The van der Waals surface area contributed by atoms with Gasteiger partial charge in [0, 0.05) is 11.3 Å². The second-order valence-electron chi connectivity index (χ2n) is 6.78. The second-order valence-corrected chi connectivity index (χ2v) is 7.91. The number of nitrogens with zero attached hydrogens (tertiary/aromatic N) is 1. The van der Waals surface area contributed by atoms with Gasteiger partial charge in [-0.3, -0.25) is 10.1 Å². The molecular weight excluding hydrogens is 268 g/mol. The van der Waals surface area contributed by atoms with E-state index in [1.807, 2.05) is 11.8 Å². The summed E-state index contributed by atoms with van der Waals surface area (Å²) in [5.74, 6) is 0.431. The molecule has 0 aromatic heterocycles. The third kappa shape index (κ3) is 2.39. The molecule has 4 heteroatoms. The van der Waals surface area contributed by atoms with Crippen molar-refractivity contribution in [1.29, 1.82) is 0 Å². The third-order valence-corrected chi connectivity index (χ3v) is 6.62. The Bertz CT molecular complexity index is 367. The van der Waals surface area contributed by atoms with E-state index < -0.39 is 0 Å². The van der Waals surface area contributed by atoms with Crippen molar-refractivity contribution < 1.29 is 4.79 Å². The first-order valence-corrected chi connectivity index (χ1v) is 9.62. The van der Waals surface area contributed by atoms with Crippen molar-refractivity contribution in [1.82, 2.24) is 10.2 Å². The molecule has 1 amide bonds. The van der Waals surface area contributed by atoms with Crippen LogP contribution in [0.3, 0.4) is 0 Å². The molecule has 0 aromatic carbocycles. The first-order chi connectivity index (χ1) is 9.70. The summed E-state index contributed by atoms with van der Waals surface area (Å²) in [6, 6.07) is 0.490. The van der Waals surface area contributed by atoms with Crippen molar-refractivity contribution in [2.75, 3.05) is 6.26 Å². The van der Waals surface area contributed by atoms with E-state index in [0.717, 1.165) is 30.9 Å². The van der Waals surface area contributed by atoms with E-state index in [0.29, 0.717) is 18.1 Å². The largest absolute Gasteiger partial charge is 0.323 e. The van der Waals surface area contributed by atoms with Gasteiger partial charge in [-0.05, 0) is 44.8 Å². The summed E-state index contributed by atoms with van der Waals surface area (Å²) >= 11 is 1.98. The van der Waals surface area contributed by atoms with E-state index >= 15 is 0 Å². The van der Waals surface area contributed by atoms with E-state index in [4.69, 9.17) is 0 Å². The highest BCUT2D eigenvalue weighted by Crippen LogP contribution is 2.41. The van der Waals surface area contributed by atoms with Crippen LogP contribution in [0.2, 0.25) is 0 Å². The molecule has 2 aliphatic carbocycles. The molecule has 3 unspecified atom stereocenters. The van der Waals surface area contributed by atoms with Gasteiger partial charge in [0.1, 0.15) is 0 Å². The second kappa shape index (κ2) is 5.88. The molecule has 1 N–H and O–H groups in total. The van der Waals surface area contributed by atoms with Crippen LogP contribution in [-0.4, -0.2) is 40.1 Å². The Balaban J connectivity index is 1.78. The van der Waals surface area contributed by atoms with E-state index in [-0.39, 0.29) is 5.54 Å². The van der Waals surface area contributed by atoms with E-state index in [2.05, 4.69) is 23.4 Å². The molecule has 3 aliphatic rings. The van der Waals surface area contributed by atoms with Gasteiger partial charge in [-0.25, -0.2) is 0 Å². The van der Waals surface area contributed by atoms with Gasteiger partial charge in [-0.15, -0.1) is 0 Å². The fourth-order valence-electron chi connectivity index (χ4n) is 4.46. The Labute approximate surface area is 127 Å². The molecule has 0 bridgehead atoms. The Morgan fingerprint density at radius 3 is 2.70 bits per heavy atom. The Hall–Kier alpha value is -0.220. The van der Waals surface area contributed by atoms with Crippen molar-refractivity contribution in [2.45, 2.75) is 87.7 Å². The minimum Gasteiger partial charge on any atom is -0.323 e. The third-order valence-electron chi connectivity index (χ3n) is 5.53. The van der Waals surface area contributed by atoms with Gasteiger partial charge < -0.3 is 4.90 Å². The van der Waals surface area contributed by atoms with Crippen LogP contribution < -0.4 is 5.32 Å². The normalized spacial score (nSPS) is 36.4. The number of carbonyl (C=O) groups excluding carboxylic acids is 1. The Kier molecular flexibility index (Phi) is 4.32. The monoisotopic (exact) mass is 296 g/mol. The SMILES string of the molecule is CCCC1NC2(CCCC2)C(=O)N1C1CCC(SC)C1. The molecule has 1 heterocycles. The van der Waals surface area contributed by atoms with Crippen LogP contribution in [-0.2, 0) is 4.79 Å². The van der Waals surface area contributed by atoms with Crippen LogP contribution in [0.5, 0.6) is 0 Å². The zero-order valence-electron chi connectivity index (χ0n) is 12.9. The number of rotatable bonds is 4. The molecule has 1 spiro atoms. The molecule has 3 nitrogen and oxygen atoms in total. The van der Waals surface area contributed by atoms with E-state index in [1.54, 1.807) is 0 Å². The first kappa shape index (κ1) is 14.7. The number of carbonyl (C=O) groups is 1. The molecule has 3 atom stereocenters. The van der Waals surface area contributed by atoms with Crippen molar-refractivity contribution in [3.63, 3.8) is 0 Å². The highest BCUT2D eigenvalue weighted by Gasteiger charge is 2.54. The van der Waals surface area contributed by atoms with E-state index in [9.17, 15) is 4.79 Å². The lowest BCUT2D eigenvalue weighted by molar-refractivity contribution is -0.135. The maximum Gasteiger partial charge on any atom is 0.244 e. The highest BCUT2D eigenvalue weighted by molar-refractivity contribution is 7.99. The van der Waals surface area contributed by atoms with Gasteiger partial charge in [-0.2, -0.15) is 11.8 Å². The number of nitrogens with one attached hydrogen (secondary N) is 1. The standard InChI is InChI=1S/C16H28N2OS/c1-3-6-14-17-16(9-4-5-10-16)15(19)18(14)12-7-8-13(11-12)20-2/h12-14,17H,3-11H2,1-2H3. The fraction of sp³-hybridized carbons (Fsp3) is 0.938. The van der Waals surface area contributed by atoms with E-state index in [1.165, 1.54) is 32.1 Å². The highest BCUT2D eigenvalue weighted by atomic mass is 32.2. The zero-order valence-corrected chi connectivity index (χ0v) is 13.7. The lowest BCUT2D eigenvalue weighted by Gasteiger charge is -2.30. The van der Waals surface area contributed by atoms with Gasteiger partial charge in [0.05, 0.1) is 11.7 Å². The quantitative estimate of drug-likeness (QED) is 0.865. The lowest BCUT2D eigenvalue weighted by atomic mass is 9.97. The maximum absolute atomic E-state index is 13.1. The molecule has 20 heavy (non-hydrogen) atoms. The predicted molar refractivity (Wildman–Crippen MR) is 84.8 cm³/mol. The summed E-state index contributed by atoms with van der Waals surface area (Å²) in [6.07, 6.45) is 13.0. The number of hydrogen-bond acceptors (Lipinski definition) is 3. The molecule has 1 aliphatic heterocycles. The lowest BCUT2D eigenvalue weighted by Crippen LogP contribution is -2.45. The maximum atomic E-state index is 13.1. The summed E-state index contributed by atoms with van der Waals surface area (Å²) in [7, 11) is 0. The number of amides is 1. The summed E-state index contributed by atoms with van der Waals surface area (Å²) in [5.41, 5.74) is -0.183. The van der Waals surface area contributed by atoms with Gasteiger partial charge >= 0.3 is 0 Å². The topological polar surface area (TPSA) is 32.3 Å². The van der Waals surface area contributed by atoms with Crippen LogP contribution >= 0.6 is 11.8 Å². The average molecular weight is 296 g/mol. The summed E-state index contributed by atoms with van der Waals surface area (Å²) < 4.78 is 0. The van der Waals surface area contributed by atoms with Crippen LogP contribution in [0.25, 0.3) is 0 Å². The molecule has 3 rings (SSSR count). The Morgan fingerprint density at radius 2 is 2.10 bits per heavy atom. The molecular formula is C16H28N2OS. The van der Waals surface area contributed by atoms with Crippen LogP contribution in [0.1, 0.15) is 64.7 Å². The van der Waals surface area contributed by atoms with Crippen molar-refractivity contribution in [2.24, 2.45) is 0 Å². The van der Waals surface area contributed by atoms with Crippen molar-refractivity contribution in [3.05, 3.63) is 0 Å². The van der Waals surface area contributed by atoms with Gasteiger partial charge in [0.2, 0.25) is 5.91 Å². The van der Waals surface area contributed by atoms with Crippen LogP contribution in [0.4, 0.5) is 0 Å². The zero-order chi connectivity index (χ0) is 14.2. The van der Waals surface area contributed by atoms with Gasteiger partial charge in [0.15, 0.2) is 0 Å². The molecule has 3 fully saturated rings. The van der Waals surface area contributed by atoms with Crippen molar-refractivity contribution >= 4 is 17.7 Å². The molecule has 2 saturated carbocycles. The smallest absolute Gasteiger partial charge is 0.244 e. The van der Waals surface area contributed by atoms with Gasteiger partial charge in [-0.1, -0.05) is 26.2 Å². The molecule has 0 radical (unpaired) electrons. The molecule has 0 aromatic rings.